The molecule has 0 amide bonds. The Kier molecular flexibility index (Phi) is 2.42. The number of rotatable bonds is 1. The largest absolute Gasteiger partial charge is 0.417 e. The number of aldehydes is 1. The molecule has 16 heavy (non-hydrogen) atoms. The number of alkyl halides is 3. The Morgan fingerprint density at radius 3 is 2.56 bits per heavy atom. The molecule has 0 fully saturated rings. The van der Waals surface area contributed by atoms with Crippen molar-refractivity contribution in [3.63, 3.8) is 0 Å². The van der Waals surface area contributed by atoms with Gasteiger partial charge in [0.25, 0.3) is 0 Å². The standard InChI is InChI=1S/C10H5ClF3NO/c11-8-2-9-6(5(4-16)3-15-9)1-7(8)10(12,13)14/h1-4,15H. The molecule has 1 aromatic heterocycles. The lowest BCUT2D eigenvalue weighted by Gasteiger charge is -2.08. The third-order valence-corrected chi connectivity index (χ3v) is 2.55. The van der Waals surface area contributed by atoms with Crippen LogP contribution in [0.25, 0.3) is 10.9 Å². The summed E-state index contributed by atoms with van der Waals surface area (Å²) in [4.78, 5) is 13.3. The van der Waals surface area contributed by atoms with Crippen LogP contribution >= 0.6 is 11.6 Å². The van der Waals surface area contributed by atoms with Gasteiger partial charge in [0.05, 0.1) is 10.6 Å². The second kappa shape index (κ2) is 3.52. The number of nitrogens with one attached hydrogen (secondary N) is 1. The van der Waals surface area contributed by atoms with Crippen LogP contribution in [-0.4, -0.2) is 11.3 Å². The molecule has 0 atom stereocenters. The third kappa shape index (κ3) is 1.67. The lowest BCUT2D eigenvalue weighted by Crippen LogP contribution is -2.05. The van der Waals surface area contributed by atoms with E-state index in [9.17, 15) is 18.0 Å². The molecule has 0 aliphatic heterocycles. The summed E-state index contributed by atoms with van der Waals surface area (Å²) >= 11 is 5.51. The normalized spacial score (nSPS) is 12.0. The van der Waals surface area contributed by atoms with E-state index in [1.54, 1.807) is 0 Å². The van der Waals surface area contributed by atoms with Gasteiger partial charge in [-0.1, -0.05) is 11.6 Å². The topological polar surface area (TPSA) is 32.9 Å². The molecule has 1 aromatic carbocycles. The highest BCUT2D eigenvalue weighted by Gasteiger charge is 2.33. The van der Waals surface area contributed by atoms with Gasteiger partial charge in [-0.2, -0.15) is 13.2 Å². The van der Waals surface area contributed by atoms with Crippen molar-refractivity contribution in [2.24, 2.45) is 0 Å². The highest BCUT2D eigenvalue weighted by atomic mass is 35.5. The second-order valence-corrected chi connectivity index (χ2v) is 3.64. The van der Waals surface area contributed by atoms with E-state index in [4.69, 9.17) is 11.6 Å². The van der Waals surface area contributed by atoms with E-state index in [-0.39, 0.29) is 16.0 Å². The lowest BCUT2D eigenvalue weighted by atomic mass is 10.1. The van der Waals surface area contributed by atoms with Gasteiger partial charge in [0.15, 0.2) is 6.29 Å². The van der Waals surface area contributed by atoms with Crippen molar-refractivity contribution in [3.8, 4) is 0 Å². The molecular weight excluding hydrogens is 243 g/mol. The van der Waals surface area contributed by atoms with Gasteiger partial charge in [0.1, 0.15) is 0 Å². The Labute approximate surface area is 93.0 Å². The van der Waals surface area contributed by atoms with E-state index < -0.39 is 11.7 Å². The minimum Gasteiger partial charge on any atom is -0.360 e. The molecule has 0 aliphatic rings. The highest BCUT2D eigenvalue weighted by molar-refractivity contribution is 6.32. The van der Waals surface area contributed by atoms with E-state index in [1.807, 2.05) is 0 Å². The number of benzene rings is 1. The van der Waals surface area contributed by atoms with Crippen molar-refractivity contribution in [1.29, 1.82) is 0 Å². The number of hydrogen-bond donors (Lipinski definition) is 1. The summed E-state index contributed by atoms with van der Waals surface area (Å²) in [5, 5.41) is -0.175. The van der Waals surface area contributed by atoms with Gasteiger partial charge >= 0.3 is 6.18 Å². The third-order valence-electron chi connectivity index (χ3n) is 2.23. The van der Waals surface area contributed by atoms with Crippen LogP contribution in [0.3, 0.4) is 0 Å². The zero-order valence-corrected chi connectivity index (χ0v) is 8.49. The summed E-state index contributed by atoms with van der Waals surface area (Å²) in [6.45, 7) is 0. The van der Waals surface area contributed by atoms with Gasteiger partial charge in [-0.05, 0) is 12.1 Å². The summed E-state index contributed by atoms with van der Waals surface area (Å²) in [6.07, 6.45) is -2.69. The van der Waals surface area contributed by atoms with Crippen LogP contribution in [0.1, 0.15) is 15.9 Å². The molecule has 0 bridgehead atoms. The van der Waals surface area contributed by atoms with Crippen LogP contribution in [-0.2, 0) is 6.18 Å². The highest BCUT2D eigenvalue weighted by Crippen LogP contribution is 2.37. The Morgan fingerprint density at radius 2 is 2.00 bits per heavy atom. The molecule has 1 N–H and O–H groups in total. The number of aromatic amines is 1. The van der Waals surface area contributed by atoms with Gasteiger partial charge < -0.3 is 4.98 Å². The zero-order valence-electron chi connectivity index (χ0n) is 7.73. The Morgan fingerprint density at radius 1 is 1.31 bits per heavy atom. The first-order valence-corrected chi connectivity index (χ1v) is 4.64. The summed E-state index contributed by atoms with van der Waals surface area (Å²) in [7, 11) is 0. The number of aromatic nitrogens is 1. The van der Waals surface area contributed by atoms with Crippen LogP contribution in [0.4, 0.5) is 13.2 Å². The average molecular weight is 248 g/mol. The summed E-state index contributed by atoms with van der Waals surface area (Å²) in [6, 6.07) is 2.03. The molecule has 2 aromatic rings. The quantitative estimate of drug-likeness (QED) is 0.767. The minimum absolute atomic E-state index is 0.178. The van der Waals surface area contributed by atoms with Crippen LogP contribution in [0.2, 0.25) is 5.02 Å². The second-order valence-electron chi connectivity index (χ2n) is 3.24. The molecule has 0 unspecified atom stereocenters. The maximum Gasteiger partial charge on any atom is 0.417 e. The van der Waals surface area contributed by atoms with Gasteiger partial charge in [0.2, 0.25) is 0 Å². The number of hydrogen-bond acceptors (Lipinski definition) is 1. The molecule has 84 valence electrons. The van der Waals surface area contributed by atoms with E-state index in [1.165, 1.54) is 6.20 Å². The lowest BCUT2D eigenvalue weighted by molar-refractivity contribution is -0.137. The van der Waals surface area contributed by atoms with E-state index >= 15 is 0 Å². The van der Waals surface area contributed by atoms with E-state index in [0.717, 1.165) is 12.1 Å². The zero-order chi connectivity index (χ0) is 11.9. The number of fused-ring (bicyclic) bond motifs is 1. The first-order chi connectivity index (χ1) is 7.43. The minimum atomic E-state index is -4.53. The van der Waals surface area contributed by atoms with Gasteiger partial charge in [-0.25, -0.2) is 0 Å². The van der Waals surface area contributed by atoms with Gasteiger partial charge in [0, 0.05) is 22.7 Å². The maximum absolute atomic E-state index is 12.5. The summed E-state index contributed by atoms with van der Waals surface area (Å²) in [5.74, 6) is 0. The molecule has 0 saturated carbocycles. The first kappa shape index (κ1) is 11.0. The average Bonchev–Trinajstić information content (AvgIpc) is 2.56. The van der Waals surface area contributed by atoms with Crippen LogP contribution in [0.5, 0.6) is 0 Å². The van der Waals surface area contributed by atoms with Gasteiger partial charge in [-0.15, -0.1) is 0 Å². The number of halogens is 4. The number of H-pyrrole nitrogens is 1. The predicted molar refractivity (Wildman–Crippen MR) is 53.7 cm³/mol. The molecule has 1 heterocycles. The Hall–Kier alpha value is -1.49. The fraction of sp³-hybridized carbons (Fsp3) is 0.100. The molecule has 0 spiro atoms. The van der Waals surface area contributed by atoms with Crippen LogP contribution in [0.15, 0.2) is 18.3 Å². The van der Waals surface area contributed by atoms with Crippen molar-refractivity contribution in [1.82, 2.24) is 4.98 Å². The Balaban J connectivity index is 2.77. The molecule has 6 heteroatoms. The molecule has 0 saturated heterocycles. The van der Waals surface area contributed by atoms with Crippen molar-refractivity contribution < 1.29 is 18.0 Å². The van der Waals surface area contributed by atoms with Crippen LogP contribution < -0.4 is 0 Å². The Bertz CT molecular complexity index is 559. The summed E-state index contributed by atoms with van der Waals surface area (Å²) < 4.78 is 37.6. The smallest absolute Gasteiger partial charge is 0.360 e. The molecule has 0 aliphatic carbocycles. The fourth-order valence-corrected chi connectivity index (χ4v) is 1.75. The van der Waals surface area contributed by atoms with Crippen molar-refractivity contribution >= 4 is 28.8 Å². The maximum atomic E-state index is 12.5. The molecule has 2 nitrogen and oxygen atoms in total. The summed E-state index contributed by atoms with van der Waals surface area (Å²) in [5.41, 5.74) is -0.360. The molecule has 0 radical (unpaired) electrons. The fourth-order valence-electron chi connectivity index (χ4n) is 1.48. The predicted octanol–water partition coefficient (Wildman–Crippen LogP) is 3.65. The molecule has 2 rings (SSSR count). The number of carbonyl (C=O) groups is 1. The first-order valence-electron chi connectivity index (χ1n) is 4.26. The van der Waals surface area contributed by atoms with Crippen molar-refractivity contribution in [3.05, 3.63) is 34.5 Å². The van der Waals surface area contributed by atoms with Crippen molar-refractivity contribution in [2.45, 2.75) is 6.18 Å². The number of carbonyl (C=O) groups excluding carboxylic acids is 1. The molecular formula is C10H5ClF3NO. The SMILES string of the molecule is O=Cc1c[nH]c2cc(Cl)c(C(F)(F)F)cc12. The van der Waals surface area contributed by atoms with Crippen LogP contribution in [0, 0.1) is 0 Å². The van der Waals surface area contributed by atoms with Gasteiger partial charge in [-0.3, -0.25) is 4.79 Å². The van der Waals surface area contributed by atoms with E-state index in [0.29, 0.717) is 11.8 Å². The van der Waals surface area contributed by atoms with E-state index in [2.05, 4.69) is 4.98 Å². The van der Waals surface area contributed by atoms with Crippen molar-refractivity contribution in [2.75, 3.05) is 0 Å². The monoisotopic (exact) mass is 247 g/mol.